The number of ether oxygens (including phenoxy) is 1. The molecule has 0 radical (unpaired) electrons. The third kappa shape index (κ3) is 3.61. The van der Waals surface area contributed by atoms with Crippen LogP contribution in [0.4, 0.5) is 4.79 Å². The maximum absolute atomic E-state index is 12.3. The molecule has 0 aromatic heterocycles. The number of rotatable bonds is 2. The molecule has 2 aliphatic rings. The minimum atomic E-state index is -0.416. The number of carbonyl (C=O) groups excluding carboxylic acids is 1. The molecule has 104 valence electrons. The summed E-state index contributed by atoms with van der Waals surface area (Å²) in [5.41, 5.74) is 5.62. The van der Waals surface area contributed by atoms with Gasteiger partial charge in [0, 0.05) is 18.1 Å². The highest BCUT2D eigenvalue weighted by Gasteiger charge is 2.40. The molecule has 2 unspecified atom stereocenters. The van der Waals surface area contributed by atoms with Gasteiger partial charge in [-0.05, 0) is 59.3 Å². The van der Waals surface area contributed by atoms with E-state index in [0.29, 0.717) is 6.04 Å². The second-order valence-corrected chi connectivity index (χ2v) is 6.70. The molecular formula is C14H26N2O2. The lowest BCUT2D eigenvalue weighted by atomic mass is 9.90. The van der Waals surface area contributed by atoms with Crippen molar-refractivity contribution in [1.82, 2.24) is 4.90 Å². The first-order valence-corrected chi connectivity index (χ1v) is 7.14. The SMILES string of the molecule is CC(C)(C)OC(=O)N(C1CC1)C1CCCC(N)C1. The summed E-state index contributed by atoms with van der Waals surface area (Å²) in [6, 6.07) is 0.929. The maximum atomic E-state index is 12.3. The molecule has 0 saturated heterocycles. The van der Waals surface area contributed by atoms with E-state index in [9.17, 15) is 4.79 Å². The van der Waals surface area contributed by atoms with E-state index in [-0.39, 0.29) is 18.2 Å². The van der Waals surface area contributed by atoms with Gasteiger partial charge in [-0.25, -0.2) is 4.79 Å². The van der Waals surface area contributed by atoms with Crippen LogP contribution in [-0.4, -0.2) is 34.7 Å². The average molecular weight is 254 g/mol. The second-order valence-electron chi connectivity index (χ2n) is 6.70. The zero-order valence-electron chi connectivity index (χ0n) is 11.8. The zero-order valence-corrected chi connectivity index (χ0v) is 11.8. The lowest BCUT2D eigenvalue weighted by Crippen LogP contribution is -2.48. The highest BCUT2D eigenvalue weighted by Crippen LogP contribution is 2.34. The van der Waals surface area contributed by atoms with Crippen molar-refractivity contribution in [1.29, 1.82) is 0 Å². The summed E-state index contributed by atoms with van der Waals surface area (Å²) in [7, 11) is 0. The smallest absolute Gasteiger partial charge is 0.410 e. The van der Waals surface area contributed by atoms with Gasteiger partial charge in [0.15, 0.2) is 0 Å². The molecule has 2 rings (SSSR count). The van der Waals surface area contributed by atoms with Crippen LogP contribution in [0.15, 0.2) is 0 Å². The summed E-state index contributed by atoms with van der Waals surface area (Å²) in [4.78, 5) is 14.3. The van der Waals surface area contributed by atoms with Crippen molar-refractivity contribution < 1.29 is 9.53 Å². The molecule has 0 aromatic rings. The van der Waals surface area contributed by atoms with Crippen molar-refractivity contribution in [2.45, 2.75) is 83.0 Å². The van der Waals surface area contributed by atoms with Gasteiger partial charge in [-0.15, -0.1) is 0 Å². The topological polar surface area (TPSA) is 55.6 Å². The average Bonchev–Trinajstić information content (AvgIpc) is 2.99. The summed E-state index contributed by atoms with van der Waals surface area (Å²) in [6.07, 6.45) is 6.29. The summed E-state index contributed by atoms with van der Waals surface area (Å²) in [6.45, 7) is 5.76. The van der Waals surface area contributed by atoms with Crippen molar-refractivity contribution in [3.8, 4) is 0 Å². The Morgan fingerprint density at radius 3 is 2.33 bits per heavy atom. The van der Waals surface area contributed by atoms with E-state index in [1.165, 1.54) is 0 Å². The molecule has 0 spiro atoms. The van der Waals surface area contributed by atoms with E-state index in [2.05, 4.69) is 0 Å². The molecule has 1 amide bonds. The van der Waals surface area contributed by atoms with Crippen LogP contribution in [-0.2, 0) is 4.74 Å². The predicted octanol–water partition coefficient (Wildman–Crippen LogP) is 2.66. The summed E-state index contributed by atoms with van der Waals surface area (Å²) in [5, 5.41) is 0. The molecular weight excluding hydrogens is 228 g/mol. The monoisotopic (exact) mass is 254 g/mol. The number of nitrogens with zero attached hydrogens (tertiary/aromatic N) is 1. The number of carbonyl (C=O) groups is 1. The third-order valence-corrected chi connectivity index (χ3v) is 3.63. The summed E-state index contributed by atoms with van der Waals surface area (Å²) >= 11 is 0. The van der Waals surface area contributed by atoms with Crippen molar-refractivity contribution in [3.63, 3.8) is 0 Å². The fraction of sp³-hybridized carbons (Fsp3) is 0.929. The fourth-order valence-electron chi connectivity index (χ4n) is 2.72. The number of hydrogen-bond donors (Lipinski definition) is 1. The number of amides is 1. The van der Waals surface area contributed by atoms with E-state index < -0.39 is 5.60 Å². The second kappa shape index (κ2) is 5.08. The van der Waals surface area contributed by atoms with E-state index in [1.54, 1.807) is 0 Å². The van der Waals surface area contributed by atoms with Crippen LogP contribution < -0.4 is 5.73 Å². The van der Waals surface area contributed by atoms with E-state index in [4.69, 9.17) is 10.5 Å². The fourth-order valence-corrected chi connectivity index (χ4v) is 2.72. The van der Waals surface area contributed by atoms with Gasteiger partial charge < -0.3 is 15.4 Å². The van der Waals surface area contributed by atoms with Crippen molar-refractivity contribution >= 4 is 6.09 Å². The first kappa shape index (κ1) is 13.7. The lowest BCUT2D eigenvalue weighted by Gasteiger charge is -2.37. The highest BCUT2D eigenvalue weighted by molar-refractivity contribution is 5.69. The number of nitrogens with two attached hydrogens (primary N) is 1. The molecule has 0 bridgehead atoms. The predicted molar refractivity (Wildman–Crippen MR) is 71.3 cm³/mol. The molecule has 0 heterocycles. The Hall–Kier alpha value is -0.770. The Morgan fingerprint density at radius 2 is 1.83 bits per heavy atom. The molecule has 2 N–H and O–H groups in total. The third-order valence-electron chi connectivity index (χ3n) is 3.63. The molecule has 2 aliphatic carbocycles. The summed E-state index contributed by atoms with van der Waals surface area (Å²) < 4.78 is 5.54. The van der Waals surface area contributed by atoms with Gasteiger partial charge >= 0.3 is 6.09 Å². The minimum absolute atomic E-state index is 0.149. The maximum Gasteiger partial charge on any atom is 0.410 e. The molecule has 18 heavy (non-hydrogen) atoms. The minimum Gasteiger partial charge on any atom is -0.444 e. The van der Waals surface area contributed by atoms with Gasteiger partial charge in [0.2, 0.25) is 0 Å². The molecule has 2 atom stereocenters. The normalized spacial score (nSPS) is 28.9. The van der Waals surface area contributed by atoms with Crippen LogP contribution in [0.1, 0.15) is 59.3 Å². The van der Waals surface area contributed by atoms with Crippen LogP contribution in [0, 0.1) is 0 Å². The zero-order chi connectivity index (χ0) is 13.3. The van der Waals surface area contributed by atoms with Crippen LogP contribution in [0.2, 0.25) is 0 Å². The molecule has 0 aliphatic heterocycles. The quantitative estimate of drug-likeness (QED) is 0.824. The van der Waals surface area contributed by atoms with Gasteiger partial charge in [0.05, 0.1) is 0 Å². The standard InChI is InChI=1S/C14H26N2O2/c1-14(2,3)18-13(17)16(11-7-8-11)12-6-4-5-10(15)9-12/h10-12H,4-9,15H2,1-3H3. The first-order valence-electron chi connectivity index (χ1n) is 7.14. The van der Waals surface area contributed by atoms with Gasteiger partial charge in [-0.3, -0.25) is 0 Å². The Balaban J connectivity index is 2.01. The van der Waals surface area contributed by atoms with Crippen molar-refractivity contribution in [2.75, 3.05) is 0 Å². The molecule has 0 aromatic carbocycles. The highest BCUT2D eigenvalue weighted by atomic mass is 16.6. The van der Waals surface area contributed by atoms with Crippen molar-refractivity contribution in [2.24, 2.45) is 5.73 Å². The summed E-state index contributed by atoms with van der Waals surface area (Å²) in [5.74, 6) is 0. The van der Waals surface area contributed by atoms with Gasteiger partial charge in [0.25, 0.3) is 0 Å². The Labute approximate surface area is 110 Å². The van der Waals surface area contributed by atoms with Crippen molar-refractivity contribution in [3.05, 3.63) is 0 Å². The van der Waals surface area contributed by atoms with Crippen LogP contribution in [0.25, 0.3) is 0 Å². The largest absolute Gasteiger partial charge is 0.444 e. The molecule has 4 nitrogen and oxygen atoms in total. The van der Waals surface area contributed by atoms with Crippen LogP contribution in [0.5, 0.6) is 0 Å². The molecule has 2 fully saturated rings. The van der Waals surface area contributed by atoms with E-state index in [0.717, 1.165) is 38.5 Å². The van der Waals surface area contributed by atoms with Gasteiger partial charge in [0.1, 0.15) is 5.60 Å². The van der Waals surface area contributed by atoms with Gasteiger partial charge in [-0.1, -0.05) is 0 Å². The first-order chi connectivity index (χ1) is 8.37. The van der Waals surface area contributed by atoms with Crippen LogP contribution in [0.3, 0.4) is 0 Å². The molecule has 2 saturated carbocycles. The van der Waals surface area contributed by atoms with E-state index in [1.807, 2.05) is 25.7 Å². The number of hydrogen-bond acceptors (Lipinski definition) is 3. The Bertz CT molecular complexity index is 307. The van der Waals surface area contributed by atoms with Gasteiger partial charge in [-0.2, -0.15) is 0 Å². The van der Waals surface area contributed by atoms with Crippen LogP contribution >= 0.6 is 0 Å². The van der Waals surface area contributed by atoms with E-state index >= 15 is 0 Å². The lowest BCUT2D eigenvalue weighted by molar-refractivity contribution is 0.00911. The Kier molecular flexibility index (Phi) is 3.85. The Morgan fingerprint density at radius 1 is 1.17 bits per heavy atom. The molecule has 4 heteroatoms.